The Morgan fingerprint density at radius 3 is 3.00 bits per heavy atom. The molecule has 0 fully saturated rings. The smallest absolute Gasteiger partial charge is 0.396 e. The largest absolute Gasteiger partial charge is 0.508 e. The van der Waals surface area contributed by atoms with Crippen molar-refractivity contribution in [3.05, 3.63) is 27.4 Å². The molecule has 2 aromatic rings. The van der Waals surface area contributed by atoms with Crippen LogP contribution in [-0.4, -0.2) is 5.11 Å². The highest BCUT2D eigenvalue weighted by atomic mass is 32.1. The molecule has 0 aliphatic rings. The first kappa shape index (κ1) is 7.36. The summed E-state index contributed by atoms with van der Waals surface area (Å²) in [6.07, 6.45) is 0. The van der Waals surface area contributed by atoms with Crippen molar-refractivity contribution >= 4 is 21.6 Å². The first-order valence-electron chi connectivity index (χ1n) is 3.40. The molecule has 2 rings (SSSR count). The lowest BCUT2D eigenvalue weighted by Crippen LogP contribution is -1.80. The van der Waals surface area contributed by atoms with E-state index in [1.54, 1.807) is 13.0 Å². The van der Waals surface area contributed by atoms with Crippen molar-refractivity contribution in [3.8, 4) is 5.75 Å². The van der Waals surface area contributed by atoms with Crippen molar-refractivity contribution in [2.75, 3.05) is 0 Å². The van der Waals surface area contributed by atoms with Crippen LogP contribution in [0.25, 0.3) is 10.3 Å². The van der Waals surface area contributed by atoms with Gasteiger partial charge in [0.05, 0.1) is 4.70 Å². The van der Waals surface area contributed by atoms with Crippen molar-refractivity contribution in [2.45, 2.75) is 6.92 Å². The molecule has 0 saturated heterocycles. The lowest BCUT2D eigenvalue weighted by Gasteiger charge is -1.93. The number of aryl methyl sites for hydroxylation is 1. The number of aromatic hydroxyl groups is 1. The van der Waals surface area contributed by atoms with Crippen LogP contribution < -0.4 is 4.94 Å². The van der Waals surface area contributed by atoms with Crippen molar-refractivity contribution < 1.29 is 9.52 Å². The maximum absolute atomic E-state index is 10.8. The third-order valence-electron chi connectivity index (χ3n) is 1.60. The Bertz CT molecular complexity index is 480. The van der Waals surface area contributed by atoms with Crippen LogP contribution in [0.15, 0.2) is 21.3 Å². The van der Waals surface area contributed by atoms with Crippen LogP contribution in [0.2, 0.25) is 0 Å². The number of hydrogen-bond donors (Lipinski definition) is 1. The summed E-state index contributed by atoms with van der Waals surface area (Å²) in [4.78, 5) is 10.5. The van der Waals surface area contributed by atoms with Gasteiger partial charge in [-0.2, -0.15) is 0 Å². The average molecular weight is 182 g/mol. The molecule has 0 saturated carbocycles. The van der Waals surface area contributed by atoms with Gasteiger partial charge >= 0.3 is 4.94 Å². The number of phenolic OH excluding ortho intramolecular Hbond substituents is 1. The molecule has 0 aliphatic carbocycles. The van der Waals surface area contributed by atoms with Gasteiger partial charge in [-0.05, 0) is 18.6 Å². The average Bonchev–Trinajstić information content (AvgIpc) is 2.29. The van der Waals surface area contributed by atoms with E-state index in [0.717, 1.165) is 16.9 Å². The van der Waals surface area contributed by atoms with Crippen LogP contribution in [0.4, 0.5) is 0 Å². The molecule has 62 valence electrons. The molecule has 0 atom stereocenters. The maximum atomic E-state index is 10.8. The Morgan fingerprint density at radius 2 is 2.25 bits per heavy atom. The monoisotopic (exact) mass is 182 g/mol. The lowest BCUT2D eigenvalue weighted by molar-refractivity contribution is 0.475. The molecular formula is C8H6O3S. The van der Waals surface area contributed by atoms with Gasteiger partial charge in [0.25, 0.3) is 0 Å². The van der Waals surface area contributed by atoms with Crippen molar-refractivity contribution in [2.24, 2.45) is 0 Å². The van der Waals surface area contributed by atoms with E-state index >= 15 is 0 Å². The highest BCUT2D eigenvalue weighted by Crippen LogP contribution is 2.25. The number of fused-ring (bicyclic) bond motifs is 1. The molecule has 0 spiro atoms. The van der Waals surface area contributed by atoms with Crippen molar-refractivity contribution in [1.82, 2.24) is 0 Å². The minimum absolute atomic E-state index is 0.164. The van der Waals surface area contributed by atoms with Gasteiger partial charge in [0.1, 0.15) is 5.75 Å². The van der Waals surface area contributed by atoms with Gasteiger partial charge in [0.2, 0.25) is 0 Å². The molecule has 3 nitrogen and oxygen atoms in total. The number of rotatable bonds is 0. The minimum Gasteiger partial charge on any atom is -0.508 e. The third-order valence-corrected chi connectivity index (χ3v) is 2.38. The van der Waals surface area contributed by atoms with E-state index in [9.17, 15) is 9.90 Å². The summed E-state index contributed by atoms with van der Waals surface area (Å²) in [5.74, 6) is 0.164. The number of benzene rings is 1. The summed E-state index contributed by atoms with van der Waals surface area (Å²) in [5, 5.41) is 9.18. The fraction of sp³-hybridized carbons (Fsp3) is 0.125. The van der Waals surface area contributed by atoms with Crippen LogP contribution in [-0.2, 0) is 0 Å². The maximum Gasteiger partial charge on any atom is 0.396 e. The molecular weight excluding hydrogens is 176 g/mol. The van der Waals surface area contributed by atoms with Gasteiger partial charge in [0.15, 0.2) is 5.58 Å². The highest BCUT2D eigenvalue weighted by molar-refractivity contribution is 7.16. The van der Waals surface area contributed by atoms with Gasteiger partial charge in [-0.3, -0.25) is 0 Å². The number of phenols is 1. The van der Waals surface area contributed by atoms with Crippen molar-refractivity contribution in [1.29, 1.82) is 0 Å². The second-order valence-corrected chi connectivity index (χ2v) is 3.52. The Kier molecular flexibility index (Phi) is 1.44. The summed E-state index contributed by atoms with van der Waals surface area (Å²) < 4.78 is 5.60. The summed E-state index contributed by atoms with van der Waals surface area (Å²) in [6.45, 7) is 1.79. The topological polar surface area (TPSA) is 50.4 Å². The molecule has 1 aromatic carbocycles. The summed E-state index contributed by atoms with van der Waals surface area (Å²) in [7, 11) is 0. The Balaban J connectivity index is 2.97. The van der Waals surface area contributed by atoms with Gasteiger partial charge in [-0.15, -0.1) is 0 Å². The molecule has 0 bridgehead atoms. The van der Waals surface area contributed by atoms with E-state index in [2.05, 4.69) is 0 Å². The molecule has 12 heavy (non-hydrogen) atoms. The summed E-state index contributed by atoms with van der Waals surface area (Å²) >= 11 is 0.998. The van der Waals surface area contributed by atoms with Gasteiger partial charge in [-0.1, -0.05) is 11.3 Å². The highest BCUT2D eigenvalue weighted by Gasteiger charge is 2.05. The van der Waals surface area contributed by atoms with E-state index in [4.69, 9.17) is 4.42 Å². The molecule has 0 amide bonds. The fourth-order valence-electron chi connectivity index (χ4n) is 1.12. The van der Waals surface area contributed by atoms with Crippen LogP contribution in [0, 0.1) is 6.92 Å². The van der Waals surface area contributed by atoms with E-state index in [1.807, 2.05) is 0 Å². The predicted molar refractivity (Wildman–Crippen MR) is 46.8 cm³/mol. The second-order valence-electron chi connectivity index (χ2n) is 2.54. The van der Waals surface area contributed by atoms with Crippen molar-refractivity contribution in [3.63, 3.8) is 0 Å². The fourth-order valence-corrected chi connectivity index (χ4v) is 1.90. The minimum atomic E-state index is -0.335. The van der Waals surface area contributed by atoms with Crippen LogP contribution in [0.1, 0.15) is 5.56 Å². The first-order valence-corrected chi connectivity index (χ1v) is 4.22. The Labute approximate surface area is 71.9 Å². The Morgan fingerprint density at radius 1 is 1.50 bits per heavy atom. The molecule has 0 radical (unpaired) electrons. The molecule has 0 aliphatic heterocycles. The zero-order chi connectivity index (χ0) is 8.72. The predicted octanol–water partition coefficient (Wildman–Crippen LogP) is 1.87. The third kappa shape index (κ3) is 1.00. The summed E-state index contributed by atoms with van der Waals surface area (Å²) in [6, 6.07) is 3.09. The zero-order valence-electron chi connectivity index (χ0n) is 6.33. The molecule has 1 N–H and O–H groups in total. The second kappa shape index (κ2) is 2.35. The van der Waals surface area contributed by atoms with Gasteiger partial charge < -0.3 is 9.52 Å². The van der Waals surface area contributed by atoms with Crippen LogP contribution >= 0.6 is 11.3 Å². The Hall–Kier alpha value is -1.29. The van der Waals surface area contributed by atoms with Gasteiger partial charge in [0, 0.05) is 6.07 Å². The van der Waals surface area contributed by atoms with E-state index < -0.39 is 0 Å². The normalized spacial score (nSPS) is 10.8. The first-order chi connectivity index (χ1) is 5.66. The van der Waals surface area contributed by atoms with E-state index in [0.29, 0.717) is 10.3 Å². The standard InChI is InChI=1S/C8H6O3S/c1-4-2-5(9)3-6-7(4)11-8(10)12-6/h2-3,9H,1H3. The van der Waals surface area contributed by atoms with Crippen LogP contribution in [0.5, 0.6) is 5.75 Å². The molecule has 0 unspecified atom stereocenters. The molecule has 1 heterocycles. The molecule has 1 aromatic heterocycles. The van der Waals surface area contributed by atoms with E-state index in [1.165, 1.54) is 6.07 Å². The summed E-state index contributed by atoms with van der Waals surface area (Å²) in [5.41, 5.74) is 1.35. The van der Waals surface area contributed by atoms with Gasteiger partial charge in [-0.25, -0.2) is 4.79 Å². The van der Waals surface area contributed by atoms with E-state index in [-0.39, 0.29) is 10.7 Å². The SMILES string of the molecule is Cc1cc(O)cc2sc(=O)oc12. The molecule has 4 heteroatoms. The quantitative estimate of drug-likeness (QED) is 0.676. The zero-order valence-corrected chi connectivity index (χ0v) is 7.14. The van der Waals surface area contributed by atoms with Crippen LogP contribution in [0.3, 0.4) is 0 Å². The number of hydrogen-bond acceptors (Lipinski definition) is 4. The lowest BCUT2D eigenvalue weighted by atomic mass is 10.2.